The third-order valence-electron chi connectivity index (χ3n) is 7.70. The van der Waals surface area contributed by atoms with Crippen molar-refractivity contribution in [2.24, 2.45) is 0 Å². The van der Waals surface area contributed by atoms with Crippen molar-refractivity contribution < 1.29 is 27.5 Å². The Hall–Kier alpha value is -4.25. The summed E-state index contributed by atoms with van der Waals surface area (Å²) in [6, 6.07) is 24.1. The van der Waals surface area contributed by atoms with Crippen LogP contribution in [-0.2, 0) is 32.6 Å². The molecular formula is C37H41Cl2N3O6S. The molecule has 0 aliphatic heterocycles. The van der Waals surface area contributed by atoms with E-state index in [1.165, 1.54) is 37.3 Å². The van der Waals surface area contributed by atoms with E-state index in [0.29, 0.717) is 21.4 Å². The van der Waals surface area contributed by atoms with Crippen LogP contribution in [0.5, 0.6) is 11.5 Å². The van der Waals surface area contributed by atoms with E-state index in [4.69, 9.17) is 32.7 Å². The molecule has 4 aromatic carbocycles. The number of carbonyl (C=O) groups excluding carboxylic acids is 2. The van der Waals surface area contributed by atoms with E-state index < -0.39 is 40.0 Å². The van der Waals surface area contributed by atoms with Crippen LogP contribution >= 0.6 is 23.2 Å². The molecule has 0 fully saturated rings. The number of methoxy groups -OCH3 is 2. The van der Waals surface area contributed by atoms with Crippen LogP contribution in [0.3, 0.4) is 0 Å². The zero-order chi connectivity index (χ0) is 35.9. The summed E-state index contributed by atoms with van der Waals surface area (Å²) < 4.78 is 40.9. The first-order chi connectivity index (χ1) is 23.1. The summed E-state index contributed by atoms with van der Waals surface area (Å²) in [5, 5.41) is 3.58. The first-order valence-corrected chi connectivity index (χ1v) is 17.7. The molecule has 0 saturated heterocycles. The van der Waals surface area contributed by atoms with Gasteiger partial charge in [0.15, 0.2) is 0 Å². The molecule has 9 nitrogen and oxygen atoms in total. The van der Waals surface area contributed by atoms with Gasteiger partial charge in [-0.15, -0.1) is 0 Å². The van der Waals surface area contributed by atoms with Gasteiger partial charge in [-0.3, -0.25) is 13.9 Å². The van der Waals surface area contributed by atoms with Crippen molar-refractivity contribution in [2.75, 3.05) is 25.1 Å². The van der Waals surface area contributed by atoms with Crippen LogP contribution in [0.2, 0.25) is 10.0 Å². The number of sulfonamides is 1. The zero-order valence-electron chi connectivity index (χ0n) is 28.4. The lowest BCUT2D eigenvalue weighted by Gasteiger charge is -2.35. The fourth-order valence-electron chi connectivity index (χ4n) is 5.20. The first kappa shape index (κ1) is 37.6. The van der Waals surface area contributed by atoms with Gasteiger partial charge in [-0.1, -0.05) is 77.3 Å². The predicted molar refractivity (Wildman–Crippen MR) is 194 cm³/mol. The Morgan fingerprint density at radius 3 is 2.06 bits per heavy atom. The minimum atomic E-state index is -4.38. The summed E-state index contributed by atoms with van der Waals surface area (Å²) in [6.45, 7) is 6.48. The smallest absolute Gasteiger partial charge is 0.264 e. The zero-order valence-corrected chi connectivity index (χ0v) is 30.7. The monoisotopic (exact) mass is 725 g/mol. The lowest BCUT2D eigenvalue weighted by molar-refractivity contribution is -0.140. The van der Waals surface area contributed by atoms with Gasteiger partial charge in [0.1, 0.15) is 24.1 Å². The Bertz CT molecular complexity index is 1860. The number of hydrogen-bond acceptors (Lipinski definition) is 6. The van der Waals surface area contributed by atoms with E-state index in [2.05, 4.69) is 5.32 Å². The van der Waals surface area contributed by atoms with Crippen LogP contribution < -0.4 is 19.1 Å². The number of nitrogens with one attached hydrogen (secondary N) is 1. The topological polar surface area (TPSA) is 105 Å². The summed E-state index contributed by atoms with van der Waals surface area (Å²) in [6.07, 6.45) is 0.129. The Balaban J connectivity index is 1.91. The summed E-state index contributed by atoms with van der Waals surface area (Å²) in [7, 11) is -1.53. The van der Waals surface area contributed by atoms with Crippen LogP contribution in [-0.4, -0.2) is 57.5 Å². The highest BCUT2D eigenvalue weighted by atomic mass is 35.5. The van der Waals surface area contributed by atoms with Gasteiger partial charge in [0.25, 0.3) is 10.0 Å². The van der Waals surface area contributed by atoms with Crippen molar-refractivity contribution in [1.29, 1.82) is 0 Å². The maximum Gasteiger partial charge on any atom is 0.264 e. The SMILES string of the molecule is COc1ccc(OC)c(N(CC(=O)N(Cc2c(Cl)cccc2Cl)[C@H](Cc2ccccc2)C(=O)NC(C)(C)C)S(=O)(=O)c2ccc(C)cc2)c1. The predicted octanol–water partition coefficient (Wildman–Crippen LogP) is 7.07. The molecular weight excluding hydrogens is 685 g/mol. The average molecular weight is 727 g/mol. The largest absolute Gasteiger partial charge is 0.497 e. The number of hydrogen-bond donors (Lipinski definition) is 1. The second-order valence-corrected chi connectivity index (χ2v) is 15.2. The third-order valence-corrected chi connectivity index (χ3v) is 10.2. The van der Waals surface area contributed by atoms with Gasteiger partial charge in [-0.05, 0) is 69.7 Å². The van der Waals surface area contributed by atoms with E-state index in [9.17, 15) is 18.0 Å². The molecule has 1 N–H and O–H groups in total. The molecule has 0 saturated carbocycles. The molecule has 0 aliphatic rings. The van der Waals surface area contributed by atoms with Crippen LogP contribution in [0.15, 0.2) is 95.9 Å². The Kier molecular flexibility index (Phi) is 12.2. The second kappa shape index (κ2) is 16.0. The molecule has 0 heterocycles. The van der Waals surface area contributed by atoms with Gasteiger partial charge in [-0.25, -0.2) is 8.42 Å². The van der Waals surface area contributed by atoms with E-state index in [1.807, 2.05) is 58.0 Å². The van der Waals surface area contributed by atoms with Gasteiger partial charge in [0.2, 0.25) is 11.8 Å². The second-order valence-electron chi connectivity index (χ2n) is 12.5. The summed E-state index contributed by atoms with van der Waals surface area (Å²) in [5.41, 5.74) is 1.49. The van der Waals surface area contributed by atoms with Crippen molar-refractivity contribution in [3.8, 4) is 11.5 Å². The van der Waals surface area contributed by atoms with Crippen molar-refractivity contribution in [3.63, 3.8) is 0 Å². The normalized spacial score (nSPS) is 12.2. The molecule has 12 heteroatoms. The van der Waals surface area contributed by atoms with Crippen LogP contribution in [0.25, 0.3) is 0 Å². The molecule has 4 rings (SSSR count). The number of rotatable bonds is 13. The molecule has 1 atom stereocenters. The lowest BCUT2D eigenvalue weighted by Crippen LogP contribution is -2.56. The Labute approximate surface area is 298 Å². The molecule has 2 amide bonds. The molecule has 0 aliphatic carbocycles. The lowest BCUT2D eigenvalue weighted by atomic mass is 10.0. The number of aryl methyl sites for hydroxylation is 1. The standard InChI is InChI=1S/C37H41Cl2N3O6S/c1-25-15-18-28(19-16-25)49(45,46)42(32-22-27(47-5)17-20-34(32)48-6)24-35(43)41(23-29-30(38)13-10-14-31(29)39)33(36(44)40-37(2,3)4)21-26-11-8-7-9-12-26/h7-20,22,33H,21,23-24H2,1-6H3,(H,40,44)/t33-/m1/s1. The minimum Gasteiger partial charge on any atom is -0.497 e. The highest BCUT2D eigenvalue weighted by molar-refractivity contribution is 7.92. The van der Waals surface area contributed by atoms with Gasteiger partial charge in [0, 0.05) is 40.2 Å². The summed E-state index contributed by atoms with van der Waals surface area (Å²) in [4.78, 5) is 30.2. The number of benzene rings is 4. The van der Waals surface area contributed by atoms with Crippen molar-refractivity contribution in [2.45, 2.75) is 57.1 Å². The van der Waals surface area contributed by atoms with Crippen molar-refractivity contribution in [3.05, 3.63) is 118 Å². The fourth-order valence-corrected chi connectivity index (χ4v) is 7.14. The van der Waals surface area contributed by atoms with E-state index >= 15 is 0 Å². The highest BCUT2D eigenvalue weighted by Crippen LogP contribution is 2.36. The minimum absolute atomic E-state index is 0.0391. The molecule has 0 spiro atoms. The molecule has 0 unspecified atom stereocenters. The number of nitrogens with zero attached hydrogens (tertiary/aromatic N) is 2. The van der Waals surface area contributed by atoms with Gasteiger partial charge < -0.3 is 19.7 Å². The summed E-state index contributed by atoms with van der Waals surface area (Å²) in [5.74, 6) is -0.573. The van der Waals surface area contributed by atoms with Gasteiger partial charge >= 0.3 is 0 Å². The number of halogens is 2. The van der Waals surface area contributed by atoms with Gasteiger partial charge in [0.05, 0.1) is 24.8 Å². The van der Waals surface area contributed by atoms with Gasteiger partial charge in [-0.2, -0.15) is 0 Å². The van der Waals surface area contributed by atoms with Crippen molar-refractivity contribution >= 4 is 50.7 Å². The van der Waals surface area contributed by atoms with Crippen molar-refractivity contribution in [1.82, 2.24) is 10.2 Å². The number of ether oxygens (including phenoxy) is 2. The molecule has 0 radical (unpaired) electrons. The van der Waals surface area contributed by atoms with Crippen LogP contribution in [0, 0.1) is 6.92 Å². The number of anilines is 1. The fraction of sp³-hybridized carbons (Fsp3) is 0.297. The molecule has 260 valence electrons. The quantitative estimate of drug-likeness (QED) is 0.158. The highest BCUT2D eigenvalue weighted by Gasteiger charge is 2.37. The average Bonchev–Trinajstić information content (AvgIpc) is 3.05. The van der Waals surface area contributed by atoms with E-state index in [0.717, 1.165) is 15.4 Å². The first-order valence-electron chi connectivity index (χ1n) is 15.5. The number of amides is 2. The molecule has 49 heavy (non-hydrogen) atoms. The molecule has 4 aromatic rings. The third kappa shape index (κ3) is 9.47. The Morgan fingerprint density at radius 1 is 0.857 bits per heavy atom. The van der Waals surface area contributed by atoms with E-state index in [-0.39, 0.29) is 29.3 Å². The molecule has 0 bridgehead atoms. The maximum absolute atomic E-state index is 14.8. The van der Waals surface area contributed by atoms with Crippen LogP contribution in [0.1, 0.15) is 37.5 Å². The Morgan fingerprint density at radius 2 is 1.49 bits per heavy atom. The van der Waals surface area contributed by atoms with Crippen LogP contribution in [0.4, 0.5) is 5.69 Å². The molecule has 0 aromatic heterocycles. The summed E-state index contributed by atoms with van der Waals surface area (Å²) >= 11 is 13.2. The number of carbonyl (C=O) groups is 2. The maximum atomic E-state index is 14.8. The van der Waals surface area contributed by atoms with E-state index in [1.54, 1.807) is 42.5 Å².